The number of halogens is 2. The average molecular weight is 382 g/mol. The number of aliphatic hydroxyl groups is 1. The first-order valence-electron chi connectivity index (χ1n) is 5.75. The summed E-state index contributed by atoms with van der Waals surface area (Å²) in [5.74, 6) is -0.492. The molecule has 0 aliphatic carbocycles. The van der Waals surface area contributed by atoms with E-state index in [0.29, 0.717) is 13.0 Å². The number of hydrogen-bond donors (Lipinski definition) is 2. The van der Waals surface area contributed by atoms with Crippen LogP contribution in [0.5, 0.6) is 0 Å². The Morgan fingerprint density at radius 2 is 2.16 bits per heavy atom. The summed E-state index contributed by atoms with van der Waals surface area (Å²) in [6.07, 6.45) is 0.556. The van der Waals surface area contributed by atoms with Gasteiger partial charge in [-0.2, -0.15) is 0 Å². The number of benzene rings is 1. The predicted octanol–water partition coefficient (Wildman–Crippen LogP) is 3.16. The van der Waals surface area contributed by atoms with Gasteiger partial charge in [0.25, 0.3) is 5.69 Å². The lowest BCUT2D eigenvalue weighted by atomic mass is 9.89. The third-order valence-electron chi connectivity index (χ3n) is 2.78. The zero-order valence-electron chi connectivity index (χ0n) is 10.7. The maximum atomic E-state index is 13.5. The summed E-state index contributed by atoms with van der Waals surface area (Å²) in [6, 6.07) is 2.34. The van der Waals surface area contributed by atoms with Crippen LogP contribution >= 0.6 is 22.6 Å². The second-order valence-electron chi connectivity index (χ2n) is 5.03. The lowest BCUT2D eigenvalue weighted by Crippen LogP contribution is -2.24. The van der Waals surface area contributed by atoms with Crippen LogP contribution in [0.1, 0.15) is 20.3 Å². The van der Waals surface area contributed by atoms with E-state index in [9.17, 15) is 14.5 Å². The molecule has 1 aromatic rings. The van der Waals surface area contributed by atoms with Crippen molar-refractivity contribution in [3.05, 3.63) is 31.6 Å². The summed E-state index contributed by atoms with van der Waals surface area (Å²) in [4.78, 5) is 10.4. The molecule has 0 aliphatic rings. The quantitative estimate of drug-likeness (QED) is 0.450. The summed E-state index contributed by atoms with van der Waals surface area (Å²) in [6.45, 7) is 4.29. The molecule has 0 radical (unpaired) electrons. The lowest BCUT2D eigenvalue weighted by molar-refractivity contribution is -0.384. The Labute approximate surface area is 124 Å². The van der Waals surface area contributed by atoms with Crippen molar-refractivity contribution in [1.82, 2.24) is 0 Å². The third kappa shape index (κ3) is 4.57. The lowest BCUT2D eigenvalue weighted by Gasteiger charge is -2.24. The molecule has 0 aliphatic heterocycles. The van der Waals surface area contributed by atoms with Gasteiger partial charge >= 0.3 is 0 Å². The van der Waals surface area contributed by atoms with E-state index in [4.69, 9.17) is 5.11 Å². The molecule has 1 rings (SSSR count). The molecular formula is C12H16FIN2O3. The van der Waals surface area contributed by atoms with Crippen molar-refractivity contribution in [1.29, 1.82) is 0 Å². The highest BCUT2D eigenvalue weighted by molar-refractivity contribution is 14.1. The molecular weight excluding hydrogens is 366 g/mol. The number of anilines is 1. The molecule has 19 heavy (non-hydrogen) atoms. The van der Waals surface area contributed by atoms with E-state index in [-0.39, 0.29) is 27.0 Å². The van der Waals surface area contributed by atoms with Gasteiger partial charge in [0.15, 0.2) is 0 Å². The van der Waals surface area contributed by atoms with Crippen LogP contribution in [0.3, 0.4) is 0 Å². The van der Waals surface area contributed by atoms with Gasteiger partial charge in [-0.3, -0.25) is 10.1 Å². The zero-order chi connectivity index (χ0) is 14.6. The van der Waals surface area contributed by atoms with E-state index in [0.717, 1.165) is 6.07 Å². The van der Waals surface area contributed by atoms with Gasteiger partial charge in [0, 0.05) is 25.3 Å². The minimum Gasteiger partial charge on any atom is -0.396 e. The summed E-state index contributed by atoms with van der Waals surface area (Å²) in [5, 5.41) is 22.8. The fourth-order valence-electron chi connectivity index (χ4n) is 1.55. The molecule has 7 heteroatoms. The molecule has 106 valence electrons. The number of hydrogen-bond acceptors (Lipinski definition) is 4. The largest absolute Gasteiger partial charge is 0.396 e. The summed E-state index contributed by atoms with van der Waals surface area (Å²) in [5.41, 5.74) is -0.221. The van der Waals surface area contributed by atoms with Gasteiger partial charge in [-0.1, -0.05) is 13.8 Å². The highest BCUT2D eigenvalue weighted by atomic mass is 127. The summed E-state index contributed by atoms with van der Waals surface area (Å²) < 4.78 is 13.7. The van der Waals surface area contributed by atoms with Crippen molar-refractivity contribution in [3.8, 4) is 0 Å². The second kappa shape index (κ2) is 6.47. The van der Waals surface area contributed by atoms with Crippen LogP contribution in [0.25, 0.3) is 0 Å². The van der Waals surface area contributed by atoms with E-state index in [1.807, 2.05) is 13.8 Å². The Bertz CT molecular complexity index is 480. The van der Waals surface area contributed by atoms with E-state index < -0.39 is 10.7 Å². The summed E-state index contributed by atoms with van der Waals surface area (Å²) in [7, 11) is 0. The molecule has 0 fully saturated rings. The van der Waals surface area contributed by atoms with Gasteiger partial charge in [0.1, 0.15) is 11.5 Å². The molecule has 0 saturated heterocycles. The molecule has 1 aromatic carbocycles. The molecule has 5 nitrogen and oxygen atoms in total. The Morgan fingerprint density at radius 3 is 2.68 bits per heavy atom. The maximum absolute atomic E-state index is 13.5. The molecule has 0 heterocycles. The van der Waals surface area contributed by atoms with Crippen molar-refractivity contribution < 1.29 is 14.4 Å². The first kappa shape index (κ1) is 16.1. The van der Waals surface area contributed by atoms with E-state index in [1.54, 1.807) is 22.6 Å². The predicted molar refractivity (Wildman–Crippen MR) is 79.7 cm³/mol. The number of nitrogens with zero attached hydrogens (tertiary/aromatic N) is 1. The van der Waals surface area contributed by atoms with Crippen LogP contribution in [0.15, 0.2) is 12.1 Å². The molecule has 0 saturated carbocycles. The molecule has 0 aromatic heterocycles. The molecule has 2 N–H and O–H groups in total. The zero-order valence-corrected chi connectivity index (χ0v) is 12.9. The first-order valence-corrected chi connectivity index (χ1v) is 6.83. The SMILES string of the molecule is CC(C)(CCO)CNc1cc(F)c(I)cc1[N+](=O)[O-]. The number of nitro benzene ring substituents is 1. The van der Waals surface area contributed by atoms with Crippen molar-refractivity contribution >= 4 is 34.0 Å². The van der Waals surface area contributed by atoms with Crippen LogP contribution < -0.4 is 5.32 Å². The highest BCUT2D eigenvalue weighted by Crippen LogP contribution is 2.30. The van der Waals surface area contributed by atoms with Crippen molar-refractivity contribution in [3.63, 3.8) is 0 Å². The van der Waals surface area contributed by atoms with Gasteiger partial charge in [0.05, 0.1) is 8.49 Å². The summed E-state index contributed by atoms with van der Waals surface area (Å²) >= 11 is 1.72. The standard InChI is InChI=1S/C12H16FIN2O3/c1-12(2,3-4-17)7-15-10-5-8(13)9(14)6-11(10)16(18)19/h5-6,15,17H,3-4,7H2,1-2H3. The molecule has 0 amide bonds. The average Bonchev–Trinajstić information content (AvgIpc) is 2.30. The number of nitrogens with one attached hydrogen (secondary N) is 1. The number of nitro groups is 1. The number of rotatable bonds is 6. The third-order valence-corrected chi connectivity index (χ3v) is 3.61. The van der Waals surface area contributed by atoms with Gasteiger partial charge < -0.3 is 10.4 Å². The van der Waals surface area contributed by atoms with Gasteiger partial charge in [-0.25, -0.2) is 4.39 Å². The molecule has 0 atom stereocenters. The Kier molecular flexibility index (Phi) is 5.48. The van der Waals surface area contributed by atoms with Crippen molar-refractivity contribution in [2.24, 2.45) is 5.41 Å². The Morgan fingerprint density at radius 1 is 1.53 bits per heavy atom. The molecule has 0 unspecified atom stereocenters. The smallest absolute Gasteiger partial charge is 0.293 e. The fraction of sp³-hybridized carbons (Fsp3) is 0.500. The van der Waals surface area contributed by atoms with Crippen LogP contribution in [-0.4, -0.2) is 23.2 Å². The Hall–Kier alpha value is -0.960. The second-order valence-corrected chi connectivity index (χ2v) is 6.19. The van der Waals surface area contributed by atoms with E-state index in [1.165, 1.54) is 6.07 Å². The Balaban J connectivity index is 2.94. The minimum atomic E-state index is -0.539. The van der Waals surface area contributed by atoms with Gasteiger partial charge in [-0.05, 0) is 34.4 Å². The van der Waals surface area contributed by atoms with Crippen LogP contribution in [-0.2, 0) is 0 Å². The van der Waals surface area contributed by atoms with Crippen molar-refractivity contribution in [2.45, 2.75) is 20.3 Å². The topological polar surface area (TPSA) is 75.4 Å². The minimum absolute atomic E-state index is 0.0395. The fourth-order valence-corrected chi connectivity index (χ4v) is 2.01. The van der Waals surface area contributed by atoms with E-state index >= 15 is 0 Å². The van der Waals surface area contributed by atoms with Gasteiger partial charge in [-0.15, -0.1) is 0 Å². The van der Waals surface area contributed by atoms with E-state index in [2.05, 4.69) is 5.32 Å². The molecule has 0 spiro atoms. The van der Waals surface area contributed by atoms with Gasteiger partial charge in [0.2, 0.25) is 0 Å². The highest BCUT2D eigenvalue weighted by Gasteiger charge is 2.21. The normalized spacial score (nSPS) is 11.4. The monoisotopic (exact) mass is 382 g/mol. The maximum Gasteiger partial charge on any atom is 0.293 e. The van der Waals surface area contributed by atoms with Crippen molar-refractivity contribution in [2.75, 3.05) is 18.5 Å². The van der Waals surface area contributed by atoms with Crippen LogP contribution in [0, 0.1) is 24.9 Å². The molecule has 0 bridgehead atoms. The van der Waals surface area contributed by atoms with Crippen LogP contribution in [0.2, 0.25) is 0 Å². The first-order chi connectivity index (χ1) is 8.76. The van der Waals surface area contributed by atoms with Crippen LogP contribution in [0.4, 0.5) is 15.8 Å². The number of aliphatic hydroxyl groups excluding tert-OH is 1.